The maximum atomic E-state index is 13.2. The zero-order valence-corrected chi connectivity index (χ0v) is 37.9. The van der Waals surface area contributed by atoms with Gasteiger partial charge in [0.1, 0.15) is 29.5 Å². The highest BCUT2D eigenvalue weighted by molar-refractivity contribution is 7.46. The van der Waals surface area contributed by atoms with Crippen LogP contribution in [-0.4, -0.2) is 32.5 Å². The Morgan fingerprint density at radius 1 is 0.565 bits per heavy atom. The first-order valence-electron chi connectivity index (χ1n) is 23.8. The van der Waals surface area contributed by atoms with Crippen molar-refractivity contribution in [2.45, 2.75) is 79.6 Å². The summed E-state index contributed by atoms with van der Waals surface area (Å²) in [6.45, 7) is 0.225. The van der Waals surface area contributed by atoms with Crippen LogP contribution in [0.25, 0.3) is 0 Å². The van der Waals surface area contributed by atoms with Crippen LogP contribution in [0.3, 0.4) is 0 Å². The smallest absolute Gasteiger partial charge is 0.488 e. The van der Waals surface area contributed by atoms with Crippen molar-refractivity contribution in [3.63, 3.8) is 0 Å². The van der Waals surface area contributed by atoms with Crippen molar-refractivity contribution in [3.05, 3.63) is 215 Å². The number of nitrogens with one attached hydrogen (secondary N) is 2. The molecule has 2 amide bonds. The molecule has 0 saturated heterocycles. The average molecular weight is 930 g/mol. The molecule has 7 aromatic rings. The number of H-pyrrole nitrogens is 1. The molecule has 69 heavy (non-hydrogen) atoms. The van der Waals surface area contributed by atoms with Crippen LogP contribution in [-0.2, 0) is 11.2 Å². The lowest BCUT2D eigenvalue weighted by atomic mass is 9.74. The molecule has 8 atom stereocenters. The Morgan fingerprint density at radius 2 is 0.971 bits per heavy atom. The van der Waals surface area contributed by atoms with E-state index in [9.17, 15) is 23.9 Å². The second-order valence-electron chi connectivity index (χ2n) is 20.3. The minimum absolute atomic E-state index is 0.0363. The topological polar surface area (TPSA) is 202 Å². The van der Waals surface area contributed by atoms with E-state index in [1.54, 1.807) is 0 Å². The van der Waals surface area contributed by atoms with E-state index in [0.29, 0.717) is 35.1 Å². The van der Waals surface area contributed by atoms with Gasteiger partial charge in [0, 0.05) is 75.3 Å². The number of hydrogen-bond acceptors (Lipinski definition) is 5. The van der Waals surface area contributed by atoms with Crippen molar-refractivity contribution in [2.75, 3.05) is 5.32 Å². The predicted octanol–water partition coefficient (Wildman–Crippen LogP) is 9.65. The van der Waals surface area contributed by atoms with E-state index in [-0.39, 0.29) is 47.6 Å². The van der Waals surface area contributed by atoms with Crippen LogP contribution in [0, 0.1) is 0 Å². The number of phosphoric acid groups is 1. The van der Waals surface area contributed by atoms with E-state index in [0.717, 1.165) is 59.3 Å². The number of phosphoric ester groups is 1. The van der Waals surface area contributed by atoms with E-state index in [2.05, 4.69) is 88.1 Å². The third kappa shape index (κ3) is 5.47. The van der Waals surface area contributed by atoms with E-state index < -0.39 is 19.6 Å². The summed E-state index contributed by atoms with van der Waals surface area (Å²) in [6, 6.07) is 37.8. The average Bonchev–Trinajstić information content (AvgIpc) is 4.21. The number of hydrogen-bond donors (Lipinski definition) is 6. The lowest BCUT2D eigenvalue weighted by Crippen LogP contribution is -2.24. The second-order valence-corrected chi connectivity index (χ2v) is 21.5. The van der Waals surface area contributed by atoms with Gasteiger partial charge >= 0.3 is 7.82 Å². The van der Waals surface area contributed by atoms with E-state index in [1.165, 1.54) is 78.9 Å². The zero-order valence-electron chi connectivity index (χ0n) is 37.0. The number of aromatic nitrogens is 1. The normalized spacial score (nSPS) is 24.2. The fourth-order valence-electron chi connectivity index (χ4n) is 14.7. The quantitative estimate of drug-likeness (QED) is 0.0487. The molecule has 0 fully saturated rings. The van der Waals surface area contributed by atoms with Crippen LogP contribution in [0.15, 0.2) is 114 Å². The van der Waals surface area contributed by atoms with Gasteiger partial charge in [-0.05, 0) is 122 Å². The van der Waals surface area contributed by atoms with Crippen molar-refractivity contribution < 1.29 is 33.2 Å². The predicted molar refractivity (Wildman–Crippen MR) is 258 cm³/mol. The highest BCUT2D eigenvalue weighted by Gasteiger charge is 2.56. The minimum Gasteiger partial charge on any atom is -0.488 e. The van der Waals surface area contributed by atoms with Crippen LogP contribution in [0.5, 0.6) is 11.5 Å². The third-order valence-electron chi connectivity index (χ3n) is 17.1. The minimum atomic E-state index is -5.01. The van der Waals surface area contributed by atoms with Crippen molar-refractivity contribution in [3.8, 4) is 11.5 Å². The molecule has 1 aromatic heterocycles. The molecule has 6 aromatic carbocycles. The molecular formula is C56H44N5O7P. The number of aromatic amines is 1. The maximum Gasteiger partial charge on any atom is 0.524 e. The fraction of sp³-hybridized carbons (Fsp3) is 0.232. The largest absolute Gasteiger partial charge is 0.524 e. The van der Waals surface area contributed by atoms with Crippen LogP contribution < -0.4 is 26.0 Å². The number of anilines is 1. The van der Waals surface area contributed by atoms with Gasteiger partial charge < -0.3 is 31.0 Å². The lowest BCUT2D eigenvalue weighted by Gasteiger charge is -2.33. The van der Waals surface area contributed by atoms with Gasteiger partial charge in [0.05, 0.1) is 0 Å². The number of carbonyl (C=O) groups is 2. The molecule has 0 radical (unpaired) electrons. The van der Waals surface area contributed by atoms with Gasteiger partial charge in [-0.3, -0.25) is 19.4 Å². The maximum absolute atomic E-state index is 13.2. The number of nitrogens with zero attached hydrogens (tertiary/aromatic N) is 1. The molecule has 8 aliphatic carbocycles. The van der Waals surface area contributed by atoms with Crippen LogP contribution >= 0.6 is 7.82 Å². The zero-order chi connectivity index (χ0) is 46.4. The van der Waals surface area contributed by atoms with Crippen molar-refractivity contribution >= 4 is 31.3 Å². The van der Waals surface area contributed by atoms with Gasteiger partial charge in [-0.2, -0.15) is 4.99 Å². The van der Waals surface area contributed by atoms with E-state index >= 15 is 0 Å². The van der Waals surface area contributed by atoms with Gasteiger partial charge in [-0.15, -0.1) is 0 Å². The number of guanidine groups is 1. The van der Waals surface area contributed by atoms with Crippen LogP contribution in [0.4, 0.5) is 5.69 Å². The molecule has 8 bridgehead atoms. The summed E-state index contributed by atoms with van der Waals surface area (Å²) in [5.74, 6) is 0.787. The fourth-order valence-corrected chi connectivity index (χ4v) is 15.1. The van der Waals surface area contributed by atoms with Crippen LogP contribution in [0.1, 0.15) is 189 Å². The van der Waals surface area contributed by atoms with Crippen molar-refractivity contribution in [2.24, 2.45) is 16.5 Å². The lowest BCUT2D eigenvalue weighted by molar-refractivity contribution is 0.0998. The highest BCUT2D eigenvalue weighted by atomic mass is 31.2. The number of benzene rings is 6. The van der Waals surface area contributed by atoms with E-state index in [4.69, 9.17) is 20.7 Å². The van der Waals surface area contributed by atoms with Gasteiger partial charge in [-0.1, -0.05) is 84.9 Å². The molecule has 8 aliphatic rings. The van der Waals surface area contributed by atoms with Crippen molar-refractivity contribution in [1.82, 2.24) is 4.98 Å². The Morgan fingerprint density at radius 3 is 1.41 bits per heavy atom. The summed E-state index contributed by atoms with van der Waals surface area (Å²) < 4.78 is 26.5. The van der Waals surface area contributed by atoms with Gasteiger partial charge in [0.2, 0.25) is 0 Å². The molecule has 13 heteroatoms. The van der Waals surface area contributed by atoms with Crippen molar-refractivity contribution in [1.29, 1.82) is 0 Å². The third-order valence-corrected chi connectivity index (χ3v) is 17.5. The van der Waals surface area contributed by atoms with Gasteiger partial charge in [-0.25, -0.2) is 4.57 Å². The molecule has 8 N–H and O–H groups in total. The highest BCUT2D eigenvalue weighted by Crippen LogP contribution is 2.72. The Hall–Kier alpha value is -7.24. The summed E-state index contributed by atoms with van der Waals surface area (Å²) in [4.78, 5) is 53.3. The number of rotatable bonds is 8. The molecule has 12 nitrogen and oxygen atoms in total. The SMILES string of the molecule is NC(N)=NC(=O)c1ccc(C(=O)Nc2ccc(COc3c4c(c(OP(=O)(O)O)c5c3[C@H]3C[C@@H]5c5cc6c(cc53)[C@H]3C[C@@H]6c5ccccc53)[C@H]3C[C@@H]4c4cc5c(cc43)[C@H]3C[C@@H]5c4ccccc43)cc2)[nH]1. The first-order chi connectivity index (χ1) is 33.5. The summed E-state index contributed by atoms with van der Waals surface area (Å²) >= 11 is 0. The molecular weight excluding hydrogens is 886 g/mol. The van der Waals surface area contributed by atoms with Gasteiger partial charge in [0.25, 0.3) is 11.8 Å². The molecule has 15 rings (SSSR count). The Kier molecular flexibility index (Phi) is 7.90. The number of nitrogens with two attached hydrogens (primary N) is 2. The molecule has 0 spiro atoms. The Bertz CT molecular complexity index is 3450. The second kappa shape index (κ2) is 13.7. The monoisotopic (exact) mass is 929 g/mol. The number of fused-ring (bicyclic) bond motifs is 32. The molecule has 0 saturated carbocycles. The van der Waals surface area contributed by atoms with E-state index in [1.807, 2.05) is 24.3 Å². The summed E-state index contributed by atoms with van der Waals surface area (Å²) in [6.07, 6.45) is 3.71. The molecule has 340 valence electrons. The summed E-state index contributed by atoms with van der Waals surface area (Å²) in [7, 11) is -5.01. The summed E-state index contributed by atoms with van der Waals surface area (Å²) in [5.41, 5.74) is 32.4. The summed E-state index contributed by atoms with van der Waals surface area (Å²) in [5, 5.41) is 2.88. The standard InChI is InChI=1S/C56H44N5O7P/c57-56(58)61-55(63)47-14-13-46(60-47)54(62)59-25-11-9-24(10-12-25)23-67-52-48-42-21-44(40-19-36-32-15-30(34(36)17-38(40)42)26-5-1-3-7-28(26)32)50(48)53(68-69(64,65)66)51-45-22-43(49(51)52)39-18-35-31-16-33(37(35)20-41(39)45)29-8-4-2-6-27(29)31/h1-14,17-20,30-33,42-45,60H,15-16,21-23H2,(H,59,62)(H2,64,65,66)(H4,57,58,61,63)/t30-,31+,32+,33-,42-,43+,44+,45-. The number of amides is 2. The number of aliphatic imine (C=N–C) groups is 1. The first-order valence-corrected chi connectivity index (χ1v) is 25.4. The number of ether oxygens (including phenoxy) is 1. The molecule has 1 heterocycles. The van der Waals surface area contributed by atoms with Gasteiger partial charge in [0.15, 0.2) is 5.96 Å². The van der Waals surface area contributed by atoms with Crippen LogP contribution in [0.2, 0.25) is 0 Å². The first kappa shape index (κ1) is 39.7. The molecule has 0 unspecified atom stereocenters. The molecule has 0 aliphatic heterocycles. The Balaban J connectivity index is 0.828. The number of carbonyl (C=O) groups excluding carboxylic acids is 2. The Labute approximate surface area is 396 Å².